The molecule has 21 heteroatoms. The smallest absolute Gasteiger partial charge is 0.420 e. The Morgan fingerprint density at radius 2 is 1.62 bits per heavy atom. The van der Waals surface area contributed by atoms with Crippen LogP contribution in [0.2, 0.25) is 10.2 Å². The molecule has 12 nitrogen and oxygen atoms in total. The van der Waals surface area contributed by atoms with Crippen molar-refractivity contribution in [2.45, 2.75) is 33.2 Å². The lowest BCUT2D eigenvalue weighted by Gasteiger charge is -2.15. The molecule has 6 rings (SSSR count). The van der Waals surface area contributed by atoms with E-state index in [4.69, 9.17) is 32.7 Å². The Morgan fingerprint density at radius 3 is 2.27 bits per heavy atom. The predicted molar refractivity (Wildman–Crippen MR) is 219 cm³/mol. The minimum absolute atomic E-state index is 0.0326. The lowest BCUT2D eigenvalue weighted by molar-refractivity contribution is -0.137. The van der Waals surface area contributed by atoms with Gasteiger partial charge in [0, 0.05) is 58.2 Å². The fourth-order valence-electron chi connectivity index (χ4n) is 6.17. The zero-order valence-electron chi connectivity index (χ0n) is 32.8. The maximum absolute atomic E-state index is 15.4. The first kappa shape index (κ1) is 45.7. The van der Waals surface area contributed by atoms with Gasteiger partial charge in [0.2, 0.25) is 0 Å². The fourth-order valence-corrected chi connectivity index (χ4v) is 6.44. The van der Waals surface area contributed by atoms with E-state index in [1.165, 1.54) is 50.4 Å². The lowest BCUT2D eigenvalue weighted by atomic mass is 10.1. The third-order valence-electron chi connectivity index (χ3n) is 8.98. The second kappa shape index (κ2) is 19.0. The first-order valence-corrected chi connectivity index (χ1v) is 19.0. The Kier molecular flexibility index (Phi) is 13.8. The SMILES string of the molecule is CCOc1ccc(Cl)nc1NC(=O)/C(C)=C/c1c(F)cc(OCc2cc(OC(F)F)ccc2C(=O)Nc2c(-c3ccc(Cl)cc3)n(C)n(-c3ncccc3C(F)(F)F)c2=O)cc1F. The molecule has 2 N–H and O–H groups in total. The normalized spacial score (nSPS) is 11.7. The zero-order chi connectivity index (χ0) is 45.7. The molecule has 0 aliphatic carbocycles. The van der Waals surface area contributed by atoms with Gasteiger partial charge >= 0.3 is 12.8 Å². The number of hydrogen-bond acceptors (Lipinski definition) is 8. The minimum Gasteiger partial charge on any atom is -0.490 e. The Bertz CT molecular complexity index is 2770. The van der Waals surface area contributed by atoms with Crippen LogP contribution in [-0.4, -0.2) is 44.4 Å². The molecule has 0 atom stereocenters. The highest BCUT2D eigenvalue weighted by Crippen LogP contribution is 2.35. The van der Waals surface area contributed by atoms with E-state index in [9.17, 15) is 36.3 Å². The van der Waals surface area contributed by atoms with E-state index in [2.05, 4.69) is 25.3 Å². The Hall–Kier alpha value is -6.86. The van der Waals surface area contributed by atoms with Crippen LogP contribution in [0.15, 0.2) is 95.4 Å². The Balaban J connectivity index is 1.32. The number of nitrogens with one attached hydrogen (secondary N) is 2. The maximum Gasteiger partial charge on any atom is 0.420 e. The van der Waals surface area contributed by atoms with Gasteiger partial charge in [-0.25, -0.2) is 18.7 Å². The van der Waals surface area contributed by atoms with E-state index in [0.717, 1.165) is 59.4 Å². The molecule has 0 aliphatic heterocycles. The van der Waals surface area contributed by atoms with Crippen LogP contribution in [0.1, 0.15) is 40.9 Å². The Morgan fingerprint density at radius 1 is 0.921 bits per heavy atom. The van der Waals surface area contributed by atoms with Crippen LogP contribution in [-0.2, 0) is 24.6 Å². The van der Waals surface area contributed by atoms with Crippen LogP contribution in [0, 0.1) is 11.6 Å². The quantitative estimate of drug-likeness (QED) is 0.0626. The number of carbonyl (C=O) groups is 2. The molecular formula is C42H31Cl2F7N6O6. The second-order valence-corrected chi connectivity index (χ2v) is 14.0. The molecule has 3 heterocycles. The highest BCUT2D eigenvalue weighted by atomic mass is 35.5. The topological polar surface area (TPSA) is 139 Å². The highest BCUT2D eigenvalue weighted by Gasteiger charge is 2.37. The maximum atomic E-state index is 15.4. The van der Waals surface area contributed by atoms with Crippen molar-refractivity contribution >= 4 is 52.6 Å². The molecule has 2 amide bonds. The van der Waals surface area contributed by atoms with Crippen LogP contribution >= 0.6 is 23.2 Å². The van der Waals surface area contributed by atoms with Crippen molar-refractivity contribution in [3.05, 3.63) is 145 Å². The third-order valence-corrected chi connectivity index (χ3v) is 9.45. The average Bonchev–Trinajstić information content (AvgIpc) is 3.46. The first-order chi connectivity index (χ1) is 29.9. The van der Waals surface area contributed by atoms with E-state index in [1.807, 2.05) is 0 Å². The summed E-state index contributed by atoms with van der Waals surface area (Å²) in [6.45, 7) is -0.789. The van der Waals surface area contributed by atoms with E-state index in [1.54, 1.807) is 6.92 Å². The van der Waals surface area contributed by atoms with E-state index >= 15 is 8.78 Å². The number of benzene rings is 3. The summed E-state index contributed by atoms with van der Waals surface area (Å²) in [7, 11) is 1.26. The summed E-state index contributed by atoms with van der Waals surface area (Å²) in [6.07, 6.45) is -2.98. The summed E-state index contributed by atoms with van der Waals surface area (Å²) in [4.78, 5) is 48.9. The molecule has 0 radical (unpaired) electrons. The van der Waals surface area contributed by atoms with E-state index in [-0.39, 0.29) is 56.3 Å². The highest BCUT2D eigenvalue weighted by molar-refractivity contribution is 6.30. The van der Waals surface area contributed by atoms with Gasteiger partial charge < -0.3 is 24.8 Å². The molecular weight excluding hydrogens is 888 g/mol. The second-order valence-electron chi connectivity index (χ2n) is 13.2. The number of hydrogen-bond donors (Lipinski definition) is 2. The van der Waals surface area contributed by atoms with Gasteiger partial charge in [0.05, 0.1) is 12.3 Å². The number of rotatable bonds is 14. The lowest BCUT2D eigenvalue weighted by Crippen LogP contribution is -2.26. The van der Waals surface area contributed by atoms with Gasteiger partial charge in [0.15, 0.2) is 17.4 Å². The molecule has 63 heavy (non-hydrogen) atoms. The van der Waals surface area contributed by atoms with Crippen LogP contribution in [0.5, 0.6) is 17.2 Å². The van der Waals surface area contributed by atoms with Gasteiger partial charge in [-0.1, -0.05) is 35.3 Å². The molecule has 328 valence electrons. The van der Waals surface area contributed by atoms with Crippen LogP contribution < -0.4 is 30.4 Å². The summed E-state index contributed by atoms with van der Waals surface area (Å²) in [5.74, 6) is -5.76. The number of ether oxygens (including phenoxy) is 3. The number of halogens is 9. The molecule has 3 aromatic carbocycles. The van der Waals surface area contributed by atoms with Crippen molar-refractivity contribution in [1.82, 2.24) is 19.3 Å². The molecule has 0 spiro atoms. The largest absolute Gasteiger partial charge is 0.490 e. The molecule has 3 aromatic heterocycles. The number of anilines is 2. The minimum atomic E-state index is -4.95. The first-order valence-electron chi connectivity index (χ1n) is 18.3. The fraction of sp³-hybridized carbons (Fsp3) is 0.167. The van der Waals surface area contributed by atoms with Gasteiger partial charge in [0.25, 0.3) is 17.4 Å². The molecule has 0 saturated carbocycles. The Labute approximate surface area is 362 Å². The van der Waals surface area contributed by atoms with Crippen LogP contribution in [0.3, 0.4) is 0 Å². The van der Waals surface area contributed by atoms with Gasteiger partial charge in [-0.3, -0.25) is 19.1 Å². The zero-order valence-corrected chi connectivity index (χ0v) is 34.3. The van der Waals surface area contributed by atoms with E-state index in [0.29, 0.717) is 4.68 Å². The number of pyridine rings is 2. The molecule has 6 aromatic rings. The van der Waals surface area contributed by atoms with Gasteiger partial charge in [0.1, 0.15) is 46.1 Å². The number of amides is 2. The average molecular weight is 920 g/mol. The van der Waals surface area contributed by atoms with Crippen LogP contribution in [0.4, 0.5) is 42.2 Å². The van der Waals surface area contributed by atoms with Crippen molar-refractivity contribution in [3.8, 4) is 34.3 Å². The van der Waals surface area contributed by atoms with Crippen LogP contribution in [0.25, 0.3) is 23.2 Å². The molecule has 0 fully saturated rings. The molecule has 0 unspecified atom stereocenters. The number of aromatic nitrogens is 4. The predicted octanol–water partition coefficient (Wildman–Crippen LogP) is 10.1. The van der Waals surface area contributed by atoms with Gasteiger partial charge in [-0.05, 0) is 74.5 Å². The molecule has 0 bridgehead atoms. The third kappa shape index (κ3) is 10.4. The monoisotopic (exact) mass is 918 g/mol. The van der Waals surface area contributed by atoms with Crippen molar-refractivity contribution in [3.63, 3.8) is 0 Å². The van der Waals surface area contributed by atoms with Gasteiger partial charge in [-0.15, -0.1) is 0 Å². The number of alkyl halides is 5. The summed E-state index contributed by atoms with van der Waals surface area (Å²) >= 11 is 12.0. The standard InChI is InChI=1S/C42H31Cl2F7N6O6/c1-4-61-32-13-14-33(44)53-36(32)55-38(58)21(2)16-28-30(45)18-26(19-31(28)46)62-20-23-17-25(63-41(47)48)11-12-27(23)39(59)54-34-35(22-7-9-24(43)10-8-22)56(3)57(40(34)60)37-29(42(49,50)51)6-5-15-52-37/h5-19,41H,4,20H2,1-3H3,(H,54,59)(H,53,55,58)/b21-16+. The molecule has 0 aliphatic rings. The van der Waals surface area contributed by atoms with Crippen molar-refractivity contribution in [2.75, 3.05) is 17.2 Å². The summed E-state index contributed by atoms with van der Waals surface area (Å²) in [5.41, 5.74) is -4.08. The van der Waals surface area contributed by atoms with E-state index < -0.39 is 82.5 Å². The van der Waals surface area contributed by atoms with Gasteiger partial charge in [-0.2, -0.15) is 26.6 Å². The summed E-state index contributed by atoms with van der Waals surface area (Å²) < 4.78 is 117. The number of carbonyl (C=O) groups excluding carboxylic acids is 2. The van der Waals surface area contributed by atoms with Crippen molar-refractivity contribution in [1.29, 1.82) is 0 Å². The molecule has 0 saturated heterocycles. The van der Waals surface area contributed by atoms with Crippen molar-refractivity contribution in [2.24, 2.45) is 7.05 Å². The summed E-state index contributed by atoms with van der Waals surface area (Å²) in [5, 5.41) is 5.21. The number of nitrogens with zero attached hydrogens (tertiary/aromatic N) is 4. The van der Waals surface area contributed by atoms with Crippen molar-refractivity contribution < 1.29 is 54.5 Å². The summed E-state index contributed by atoms with van der Waals surface area (Å²) in [6, 6.07) is 15.0.